The molecule has 1 spiro atoms. The Morgan fingerprint density at radius 2 is 1.78 bits per heavy atom. The molecule has 2 aliphatic rings. The largest absolute Gasteiger partial charge is 0.383 e. The van der Waals surface area contributed by atoms with Gasteiger partial charge in [0.25, 0.3) is 5.91 Å². The van der Waals surface area contributed by atoms with Crippen LogP contribution in [0.15, 0.2) is 48.5 Å². The Morgan fingerprint density at radius 3 is 2.44 bits per heavy atom. The highest BCUT2D eigenvalue weighted by Gasteiger charge is 2.54. The molecule has 0 saturated heterocycles. The quantitative estimate of drug-likeness (QED) is 0.727. The van der Waals surface area contributed by atoms with E-state index in [4.69, 9.17) is 10.5 Å². The predicted molar refractivity (Wildman–Crippen MR) is 122 cm³/mol. The van der Waals surface area contributed by atoms with Crippen molar-refractivity contribution in [3.05, 3.63) is 65.2 Å². The van der Waals surface area contributed by atoms with Gasteiger partial charge in [-0.2, -0.15) is 0 Å². The lowest BCUT2D eigenvalue weighted by Gasteiger charge is -2.53. The van der Waals surface area contributed by atoms with Crippen molar-refractivity contribution in [1.29, 1.82) is 0 Å². The minimum Gasteiger partial charge on any atom is -0.383 e. The summed E-state index contributed by atoms with van der Waals surface area (Å²) in [6.45, 7) is 0.860. The van der Waals surface area contributed by atoms with E-state index in [1.165, 1.54) is 0 Å². The molecule has 1 atom stereocenters. The number of ether oxygens (including phenoxy) is 1. The van der Waals surface area contributed by atoms with Gasteiger partial charge in [-0.1, -0.05) is 37.5 Å². The van der Waals surface area contributed by atoms with Crippen molar-refractivity contribution in [2.75, 3.05) is 25.6 Å². The highest BCUT2D eigenvalue weighted by Crippen LogP contribution is 2.49. The molecule has 168 valence electrons. The van der Waals surface area contributed by atoms with Crippen LogP contribution in [0.4, 0.5) is 5.69 Å². The highest BCUT2D eigenvalue weighted by molar-refractivity contribution is 6.05. The first-order valence-electron chi connectivity index (χ1n) is 11.1. The van der Waals surface area contributed by atoms with Crippen LogP contribution in [0.5, 0.6) is 0 Å². The zero-order chi connectivity index (χ0) is 22.7. The van der Waals surface area contributed by atoms with E-state index in [0.29, 0.717) is 30.0 Å². The lowest BCUT2D eigenvalue weighted by molar-refractivity contribution is -0.122. The third-order valence-corrected chi connectivity index (χ3v) is 6.76. The van der Waals surface area contributed by atoms with Crippen molar-refractivity contribution in [2.24, 2.45) is 5.73 Å². The van der Waals surface area contributed by atoms with E-state index in [1.54, 1.807) is 37.4 Å². The molecule has 2 aromatic carbocycles. The molecule has 3 amide bonds. The number of hydrogen-bond acceptors (Lipinski definition) is 4. The molecule has 3 N–H and O–H groups in total. The Morgan fingerprint density at radius 1 is 1.09 bits per heavy atom. The summed E-state index contributed by atoms with van der Waals surface area (Å²) in [6, 6.07) is 14.0. The second kappa shape index (κ2) is 9.12. The predicted octanol–water partition coefficient (Wildman–Crippen LogP) is 3.31. The molecule has 0 aromatic heterocycles. The molecule has 0 unspecified atom stereocenters. The molecule has 7 heteroatoms. The lowest BCUT2D eigenvalue weighted by atomic mass is 9.65. The van der Waals surface area contributed by atoms with Crippen molar-refractivity contribution >= 4 is 23.4 Å². The van der Waals surface area contributed by atoms with Gasteiger partial charge in [0.2, 0.25) is 11.8 Å². The van der Waals surface area contributed by atoms with Crippen LogP contribution in [-0.4, -0.2) is 48.4 Å². The van der Waals surface area contributed by atoms with Gasteiger partial charge in [0.05, 0.1) is 18.1 Å². The van der Waals surface area contributed by atoms with Gasteiger partial charge in [-0.25, -0.2) is 0 Å². The Hall–Kier alpha value is -3.19. The molecule has 2 aromatic rings. The maximum Gasteiger partial charge on any atom is 0.254 e. The molecule has 1 saturated carbocycles. The van der Waals surface area contributed by atoms with Gasteiger partial charge >= 0.3 is 0 Å². The van der Waals surface area contributed by atoms with E-state index in [1.807, 2.05) is 23.1 Å². The molecule has 1 aliphatic carbocycles. The van der Waals surface area contributed by atoms with Gasteiger partial charge in [0.1, 0.15) is 0 Å². The van der Waals surface area contributed by atoms with Gasteiger partial charge in [0, 0.05) is 30.5 Å². The summed E-state index contributed by atoms with van der Waals surface area (Å²) in [5.74, 6) is -1.20. The maximum absolute atomic E-state index is 13.8. The monoisotopic (exact) mass is 435 g/mol. The normalized spacial score (nSPS) is 19.5. The zero-order valence-electron chi connectivity index (χ0n) is 18.3. The van der Waals surface area contributed by atoms with Gasteiger partial charge in [-0.15, -0.1) is 0 Å². The number of nitrogens with zero attached hydrogens (tertiary/aromatic N) is 1. The number of nitrogens with one attached hydrogen (secondary N) is 1. The van der Waals surface area contributed by atoms with Crippen LogP contribution in [-0.2, 0) is 9.53 Å². The van der Waals surface area contributed by atoms with Gasteiger partial charge in [0.15, 0.2) is 0 Å². The average Bonchev–Trinajstić information content (AvgIpc) is 2.80. The minimum absolute atomic E-state index is 0.0330. The average molecular weight is 436 g/mol. The number of primary amides is 1. The molecule has 0 radical (unpaired) electrons. The van der Waals surface area contributed by atoms with Crippen molar-refractivity contribution in [2.45, 2.75) is 43.6 Å². The molecule has 1 heterocycles. The third-order valence-electron chi connectivity index (χ3n) is 6.76. The summed E-state index contributed by atoms with van der Waals surface area (Å²) < 4.78 is 5.30. The van der Waals surface area contributed by atoms with Crippen molar-refractivity contribution < 1.29 is 19.1 Å². The van der Waals surface area contributed by atoms with Crippen LogP contribution in [0, 0.1) is 0 Å². The number of anilines is 1. The fraction of sp³-hybridized carbons (Fsp3) is 0.400. The Bertz CT molecular complexity index is 1010. The number of carbonyl (C=O) groups excluding carboxylic acids is 3. The van der Waals surface area contributed by atoms with Crippen molar-refractivity contribution in [3.63, 3.8) is 0 Å². The standard InChI is InChI=1S/C25H29N3O4/c1-32-16-15-28-24(31)20-8-4-3-7-19(20)21(25(28)13-5-2-6-14-25)23(30)27-18-11-9-17(10-12-18)22(26)29/h3-4,7-12,21H,2,5-6,13-16H2,1H3,(H2,26,29)(H,27,30)/t21-/m0/s1. The first-order chi connectivity index (χ1) is 15.5. The number of methoxy groups -OCH3 is 1. The number of amides is 3. The van der Waals surface area contributed by atoms with Crippen LogP contribution >= 0.6 is 0 Å². The molecule has 1 fully saturated rings. The number of rotatable bonds is 6. The van der Waals surface area contributed by atoms with E-state index in [0.717, 1.165) is 37.7 Å². The Labute approximate surface area is 187 Å². The fourth-order valence-corrected chi connectivity index (χ4v) is 5.28. The summed E-state index contributed by atoms with van der Waals surface area (Å²) in [4.78, 5) is 40.5. The second-order valence-electron chi connectivity index (χ2n) is 8.56. The summed E-state index contributed by atoms with van der Waals surface area (Å²) >= 11 is 0. The van der Waals surface area contributed by atoms with Crippen LogP contribution in [0.1, 0.15) is 64.3 Å². The zero-order valence-corrected chi connectivity index (χ0v) is 18.3. The number of fused-ring (bicyclic) bond motifs is 1. The van der Waals surface area contributed by atoms with E-state index < -0.39 is 17.4 Å². The van der Waals surface area contributed by atoms with Gasteiger partial charge < -0.3 is 20.7 Å². The summed E-state index contributed by atoms with van der Waals surface area (Å²) in [7, 11) is 1.62. The minimum atomic E-state index is -0.584. The topological polar surface area (TPSA) is 102 Å². The first-order valence-corrected chi connectivity index (χ1v) is 11.1. The molecular formula is C25H29N3O4. The molecular weight excluding hydrogens is 406 g/mol. The summed E-state index contributed by atoms with van der Waals surface area (Å²) in [5.41, 5.74) is 7.06. The second-order valence-corrected chi connectivity index (χ2v) is 8.56. The first kappa shape index (κ1) is 22.0. The fourth-order valence-electron chi connectivity index (χ4n) is 5.28. The van der Waals surface area contributed by atoms with Crippen molar-refractivity contribution in [1.82, 2.24) is 4.90 Å². The van der Waals surface area contributed by atoms with Crippen LogP contribution in [0.3, 0.4) is 0 Å². The number of nitrogens with two attached hydrogens (primary N) is 1. The number of carbonyl (C=O) groups is 3. The maximum atomic E-state index is 13.8. The number of hydrogen-bond donors (Lipinski definition) is 2. The Balaban J connectivity index is 1.75. The molecule has 0 bridgehead atoms. The van der Waals surface area contributed by atoms with Crippen LogP contribution in [0.25, 0.3) is 0 Å². The Kier molecular flexibility index (Phi) is 6.28. The number of benzene rings is 2. The molecule has 32 heavy (non-hydrogen) atoms. The third kappa shape index (κ3) is 3.88. The SMILES string of the molecule is COCCN1C(=O)c2ccccc2[C@@H](C(=O)Nc2ccc(C(N)=O)cc2)C12CCCCC2. The smallest absolute Gasteiger partial charge is 0.254 e. The van der Waals surface area contributed by atoms with E-state index >= 15 is 0 Å². The molecule has 4 rings (SSSR count). The lowest BCUT2D eigenvalue weighted by Crippen LogP contribution is -2.62. The summed E-state index contributed by atoms with van der Waals surface area (Å²) in [5, 5.41) is 3.02. The van der Waals surface area contributed by atoms with E-state index in [-0.39, 0.29) is 11.8 Å². The summed E-state index contributed by atoms with van der Waals surface area (Å²) in [6.07, 6.45) is 4.58. The van der Waals surface area contributed by atoms with E-state index in [9.17, 15) is 14.4 Å². The van der Waals surface area contributed by atoms with Crippen LogP contribution < -0.4 is 11.1 Å². The van der Waals surface area contributed by atoms with Crippen LogP contribution in [0.2, 0.25) is 0 Å². The van der Waals surface area contributed by atoms with Gasteiger partial charge in [-0.05, 0) is 48.7 Å². The van der Waals surface area contributed by atoms with Gasteiger partial charge in [-0.3, -0.25) is 14.4 Å². The molecule has 1 aliphatic heterocycles. The molecule has 7 nitrogen and oxygen atoms in total. The van der Waals surface area contributed by atoms with Crippen molar-refractivity contribution in [3.8, 4) is 0 Å². The highest BCUT2D eigenvalue weighted by atomic mass is 16.5. The van der Waals surface area contributed by atoms with E-state index in [2.05, 4.69) is 5.32 Å².